The topological polar surface area (TPSA) is 65.2 Å². The third kappa shape index (κ3) is 4.43. The Morgan fingerprint density at radius 3 is 2.55 bits per heavy atom. The number of ketones is 1. The summed E-state index contributed by atoms with van der Waals surface area (Å²) in [5.41, 5.74) is 3.22. The number of nitrogens with one attached hydrogen (secondary N) is 2. The number of benzene rings is 2. The summed E-state index contributed by atoms with van der Waals surface area (Å²) < 4.78 is 0.901. The summed E-state index contributed by atoms with van der Waals surface area (Å²) in [5, 5.41) is 3.81. The second-order valence-electron chi connectivity index (χ2n) is 7.63. The van der Waals surface area contributed by atoms with E-state index in [0.29, 0.717) is 23.8 Å². The number of nitrogens with zero attached hydrogens (tertiary/aromatic N) is 1. The van der Waals surface area contributed by atoms with E-state index >= 15 is 0 Å². The highest BCUT2D eigenvalue weighted by Gasteiger charge is 2.23. The minimum atomic E-state index is -0.101. The molecule has 5 nitrogen and oxygen atoms in total. The van der Waals surface area contributed by atoms with Crippen LogP contribution in [0.4, 0.5) is 5.69 Å². The van der Waals surface area contributed by atoms with Gasteiger partial charge in [-0.2, -0.15) is 0 Å². The Hall–Kier alpha value is -2.44. The van der Waals surface area contributed by atoms with Gasteiger partial charge in [-0.05, 0) is 55.6 Å². The summed E-state index contributed by atoms with van der Waals surface area (Å²) >= 11 is 3.46. The lowest BCUT2D eigenvalue weighted by Gasteiger charge is -2.31. The molecule has 1 fully saturated rings. The average molecular weight is 454 g/mol. The second-order valence-corrected chi connectivity index (χ2v) is 8.55. The number of H-pyrrole nitrogens is 1. The van der Waals surface area contributed by atoms with Gasteiger partial charge in [-0.1, -0.05) is 46.3 Å². The number of aromatic nitrogens is 1. The van der Waals surface area contributed by atoms with E-state index in [1.54, 1.807) is 0 Å². The number of Topliss-reactive ketones (excluding diaryl/α,β-unsaturated/α-hetero) is 1. The summed E-state index contributed by atoms with van der Waals surface area (Å²) in [5.74, 6) is 0.369. The highest BCUT2D eigenvalue weighted by atomic mass is 79.9. The number of likely N-dealkylation sites (tertiary alicyclic amines) is 1. The molecule has 3 aromatic rings. The number of carbonyl (C=O) groups is 2. The number of hydrogen-bond donors (Lipinski definition) is 2. The predicted molar refractivity (Wildman–Crippen MR) is 119 cm³/mol. The summed E-state index contributed by atoms with van der Waals surface area (Å²) in [6.45, 7) is 3.63. The van der Waals surface area contributed by atoms with Crippen molar-refractivity contribution in [2.24, 2.45) is 0 Å². The van der Waals surface area contributed by atoms with Crippen LogP contribution in [0.15, 0.2) is 53.0 Å². The van der Waals surface area contributed by atoms with Crippen molar-refractivity contribution >= 4 is 44.2 Å². The molecular weight excluding hydrogens is 430 g/mol. The van der Waals surface area contributed by atoms with Crippen molar-refractivity contribution in [3.8, 4) is 0 Å². The molecule has 0 spiro atoms. The first-order chi connectivity index (χ1) is 14.0. The van der Waals surface area contributed by atoms with Gasteiger partial charge < -0.3 is 10.3 Å². The lowest BCUT2D eigenvalue weighted by atomic mass is 9.89. The van der Waals surface area contributed by atoms with E-state index in [-0.39, 0.29) is 11.7 Å². The predicted octanol–water partition coefficient (Wildman–Crippen LogP) is 4.95. The van der Waals surface area contributed by atoms with E-state index in [1.165, 1.54) is 12.5 Å². The van der Waals surface area contributed by atoms with Crippen LogP contribution in [0.5, 0.6) is 0 Å². The number of fused-ring (bicyclic) bond motifs is 1. The van der Waals surface area contributed by atoms with Crippen molar-refractivity contribution in [3.05, 3.63) is 64.3 Å². The van der Waals surface area contributed by atoms with Gasteiger partial charge in [-0.3, -0.25) is 14.5 Å². The molecule has 1 aromatic heterocycles. The molecule has 1 aliphatic heterocycles. The molecule has 1 amide bonds. The van der Waals surface area contributed by atoms with Gasteiger partial charge in [0.15, 0.2) is 5.78 Å². The third-order valence-electron chi connectivity index (χ3n) is 5.60. The number of hydrogen-bond acceptors (Lipinski definition) is 3. The Bertz CT molecular complexity index is 1040. The van der Waals surface area contributed by atoms with Crippen LogP contribution in [0.25, 0.3) is 10.9 Å². The van der Waals surface area contributed by atoms with Gasteiger partial charge in [0.05, 0.1) is 12.2 Å². The van der Waals surface area contributed by atoms with E-state index in [0.717, 1.165) is 41.3 Å². The zero-order valence-electron chi connectivity index (χ0n) is 16.4. The number of aromatic amines is 1. The molecule has 2 aromatic carbocycles. The van der Waals surface area contributed by atoms with Gasteiger partial charge in [0.25, 0.3) is 0 Å². The number of piperidine rings is 1. The van der Waals surface area contributed by atoms with Gasteiger partial charge in [-0.15, -0.1) is 0 Å². The maximum atomic E-state index is 12.7. The monoisotopic (exact) mass is 453 g/mol. The van der Waals surface area contributed by atoms with Crippen LogP contribution in [0.1, 0.15) is 41.7 Å². The van der Waals surface area contributed by atoms with Crippen molar-refractivity contribution in [2.45, 2.75) is 25.7 Å². The van der Waals surface area contributed by atoms with Crippen LogP contribution in [-0.2, 0) is 4.79 Å². The molecule has 0 atom stereocenters. The first-order valence-electron chi connectivity index (χ1n) is 9.90. The standard InChI is InChI=1S/C23H24BrN3O2/c1-15(28)22-23(19-13-18(24)7-8-20(19)25-22)26-21(29)14-27-11-9-17(10-12-27)16-5-3-2-4-6-16/h2-8,13,17,25H,9-12,14H2,1H3,(H,26,29). The van der Waals surface area contributed by atoms with E-state index in [1.807, 2.05) is 24.3 Å². The van der Waals surface area contributed by atoms with Crippen molar-refractivity contribution < 1.29 is 9.59 Å². The zero-order chi connectivity index (χ0) is 20.4. The van der Waals surface area contributed by atoms with Gasteiger partial charge in [0.1, 0.15) is 5.69 Å². The van der Waals surface area contributed by atoms with Crippen LogP contribution in [0.2, 0.25) is 0 Å². The summed E-state index contributed by atoms with van der Waals surface area (Å²) in [4.78, 5) is 30.1. The average Bonchev–Trinajstić information content (AvgIpc) is 3.07. The van der Waals surface area contributed by atoms with Crippen molar-refractivity contribution in [3.63, 3.8) is 0 Å². The quantitative estimate of drug-likeness (QED) is 0.537. The van der Waals surface area contributed by atoms with E-state index < -0.39 is 0 Å². The number of carbonyl (C=O) groups excluding carboxylic acids is 2. The fourth-order valence-corrected chi connectivity index (χ4v) is 4.45. The molecule has 2 heterocycles. The molecule has 0 aliphatic carbocycles. The Balaban J connectivity index is 1.42. The number of anilines is 1. The molecule has 150 valence electrons. The zero-order valence-corrected chi connectivity index (χ0v) is 18.0. The minimum absolute atomic E-state index is 0.0912. The van der Waals surface area contributed by atoms with Gasteiger partial charge in [-0.25, -0.2) is 0 Å². The fourth-order valence-electron chi connectivity index (χ4n) is 4.09. The van der Waals surface area contributed by atoms with E-state index in [9.17, 15) is 9.59 Å². The Morgan fingerprint density at radius 1 is 1.14 bits per heavy atom. The second kappa shape index (κ2) is 8.51. The highest BCUT2D eigenvalue weighted by molar-refractivity contribution is 9.10. The number of amides is 1. The van der Waals surface area contributed by atoms with E-state index in [2.05, 4.69) is 55.4 Å². The van der Waals surface area contributed by atoms with Gasteiger partial charge >= 0.3 is 0 Å². The normalized spacial score (nSPS) is 15.5. The molecule has 6 heteroatoms. The lowest BCUT2D eigenvalue weighted by molar-refractivity contribution is -0.117. The summed E-state index contributed by atoms with van der Waals surface area (Å²) in [6, 6.07) is 16.3. The molecule has 29 heavy (non-hydrogen) atoms. The van der Waals surface area contributed by atoms with Crippen molar-refractivity contribution in [1.82, 2.24) is 9.88 Å². The molecule has 2 N–H and O–H groups in total. The van der Waals surface area contributed by atoms with E-state index in [4.69, 9.17) is 0 Å². The van der Waals surface area contributed by atoms with Crippen LogP contribution in [0.3, 0.4) is 0 Å². The smallest absolute Gasteiger partial charge is 0.238 e. The lowest BCUT2D eigenvalue weighted by Crippen LogP contribution is -2.38. The van der Waals surface area contributed by atoms with Crippen molar-refractivity contribution in [1.29, 1.82) is 0 Å². The SMILES string of the molecule is CC(=O)c1[nH]c2ccc(Br)cc2c1NC(=O)CN1CCC(c2ccccc2)CC1. The largest absolute Gasteiger partial charge is 0.350 e. The Kier molecular flexibility index (Phi) is 5.83. The molecule has 4 rings (SSSR count). The first-order valence-corrected chi connectivity index (χ1v) is 10.7. The third-order valence-corrected chi connectivity index (χ3v) is 6.10. The number of rotatable bonds is 5. The molecular formula is C23H24BrN3O2. The fraction of sp³-hybridized carbons (Fsp3) is 0.304. The number of halogens is 1. The van der Waals surface area contributed by atoms with Crippen molar-refractivity contribution in [2.75, 3.05) is 25.0 Å². The molecule has 0 radical (unpaired) electrons. The van der Waals surface area contributed by atoms with Gasteiger partial charge in [0, 0.05) is 22.3 Å². The molecule has 0 saturated carbocycles. The molecule has 0 bridgehead atoms. The first kappa shape index (κ1) is 19.9. The van der Waals surface area contributed by atoms with Crippen LogP contribution in [0, 0.1) is 0 Å². The molecule has 1 aliphatic rings. The maximum absolute atomic E-state index is 12.7. The van der Waals surface area contributed by atoms with Crippen LogP contribution in [-0.4, -0.2) is 41.2 Å². The summed E-state index contributed by atoms with van der Waals surface area (Å²) in [7, 11) is 0. The molecule has 0 unspecified atom stereocenters. The Labute approximate surface area is 178 Å². The van der Waals surface area contributed by atoms with Crippen LogP contribution < -0.4 is 5.32 Å². The van der Waals surface area contributed by atoms with Gasteiger partial charge in [0.2, 0.25) is 5.91 Å². The minimum Gasteiger partial charge on any atom is -0.350 e. The molecule has 1 saturated heterocycles. The highest BCUT2D eigenvalue weighted by Crippen LogP contribution is 2.31. The maximum Gasteiger partial charge on any atom is 0.238 e. The Morgan fingerprint density at radius 2 is 1.86 bits per heavy atom. The van der Waals surface area contributed by atoms with Crippen LogP contribution >= 0.6 is 15.9 Å². The summed E-state index contributed by atoms with van der Waals surface area (Å²) in [6.07, 6.45) is 2.10.